The molecule has 0 aromatic carbocycles. The van der Waals surface area contributed by atoms with Crippen LogP contribution in [0.25, 0.3) is 0 Å². The standard InChI is InChI=1S/C38H54O13/c1-18(40)49-22-15-35(6)24-11-10-19-20(14-21(31(46)34(19,4)5)50-32-29(45)28(44)27(43)23(17-39)51-32)37(24,8)26(42)16-36(35,7)30(22)38(9,48)25(41)12-13-33(2,3)47/h10,12-14,20,22-24,27-30,32,39,43-45,47-48H,11,15-17H2,1-9H3. The minimum absolute atomic E-state index is 0.0908. The first-order valence-electron chi connectivity index (χ1n) is 17.6. The maximum absolute atomic E-state index is 14.9. The lowest BCUT2D eigenvalue weighted by Crippen LogP contribution is -2.64. The van der Waals surface area contributed by atoms with Gasteiger partial charge >= 0.3 is 5.97 Å². The Bertz CT molecular complexity index is 1560. The average molecular weight is 719 g/mol. The van der Waals surface area contributed by atoms with Crippen molar-refractivity contribution in [2.24, 2.45) is 39.4 Å². The van der Waals surface area contributed by atoms with E-state index in [0.29, 0.717) is 12.0 Å². The Hall–Kier alpha value is -2.78. The zero-order valence-electron chi connectivity index (χ0n) is 30.9. The first-order valence-corrected chi connectivity index (χ1v) is 17.6. The van der Waals surface area contributed by atoms with Gasteiger partial charge in [-0.2, -0.15) is 0 Å². The van der Waals surface area contributed by atoms with Crippen molar-refractivity contribution in [1.29, 1.82) is 0 Å². The van der Waals surface area contributed by atoms with Gasteiger partial charge in [0.05, 0.1) is 17.6 Å². The molecule has 0 amide bonds. The van der Waals surface area contributed by atoms with Crippen LogP contribution >= 0.6 is 0 Å². The summed E-state index contributed by atoms with van der Waals surface area (Å²) >= 11 is 0. The van der Waals surface area contributed by atoms with E-state index in [0.717, 1.165) is 6.08 Å². The number of aliphatic hydroxyl groups is 6. The molecule has 13 unspecified atom stereocenters. The molecule has 0 bridgehead atoms. The molecule has 1 heterocycles. The van der Waals surface area contributed by atoms with E-state index in [1.165, 1.54) is 33.8 Å². The fourth-order valence-electron chi connectivity index (χ4n) is 10.2. The molecule has 51 heavy (non-hydrogen) atoms. The highest BCUT2D eigenvalue weighted by atomic mass is 16.7. The molecule has 13 heteroatoms. The molecule has 2 saturated carbocycles. The van der Waals surface area contributed by atoms with Crippen LogP contribution in [0.1, 0.15) is 81.6 Å². The van der Waals surface area contributed by atoms with Gasteiger partial charge in [0.2, 0.25) is 12.1 Å². The van der Waals surface area contributed by atoms with E-state index in [4.69, 9.17) is 14.2 Å². The molecule has 4 aliphatic carbocycles. The number of hydrogen-bond donors (Lipinski definition) is 6. The van der Waals surface area contributed by atoms with Crippen LogP contribution in [0.3, 0.4) is 0 Å². The molecular weight excluding hydrogens is 664 g/mol. The number of hydrogen-bond acceptors (Lipinski definition) is 13. The molecule has 13 atom stereocenters. The van der Waals surface area contributed by atoms with Crippen LogP contribution in [0.15, 0.2) is 35.6 Å². The van der Waals surface area contributed by atoms with Crippen LogP contribution in [0.2, 0.25) is 0 Å². The molecule has 1 aliphatic heterocycles. The molecule has 1 saturated heterocycles. The maximum atomic E-state index is 14.9. The van der Waals surface area contributed by atoms with Crippen molar-refractivity contribution in [3.8, 4) is 0 Å². The lowest BCUT2D eigenvalue weighted by Gasteiger charge is -2.63. The Morgan fingerprint density at radius 3 is 2.20 bits per heavy atom. The zero-order valence-corrected chi connectivity index (χ0v) is 30.9. The highest BCUT2D eigenvalue weighted by Crippen LogP contribution is 2.74. The van der Waals surface area contributed by atoms with Gasteiger partial charge in [0, 0.05) is 30.6 Å². The zero-order chi connectivity index (χ0) is 38.4. The summed E-state index contributed by atoms with van der Waals surface area (Å²) in [6, 6.07) is 0. The third kappa shape index (κ3) is 5.97. The molecule has 5 aliphatic rings. The monoisotopic (exact) mass is 718 g/mol. The average Bonchev–Trinajstić information content (AvgIpc) is 3.24. The van der Waals surface area contributed by atoms with E-state index in [-0.39, 0.29) is 24.4 Å². The Morgan fingerprint density at radius 1 is 1.00 bits per heavy atom. The Kier molecular flexibility index (Phi) is 9.80. The van der Waals surface area contributed by atoms with Crippen molar-refractivity contribution < 1.29 is 64.0 Å². The topological polar surface area (TPSA) is 217 Å². The highest BCUT2D eigenvalue weighted by Gasteiger charge is 2.75. The molecule has 6 N–H and O–H groups in total. The molecule has 5 rings (SSSR count). The van der Waals surface area contributed by atoms with Gasteiger partial charge in [-0.25, -0.2) is 0 Å². The van der Waals surface area contributed by atoms with Gasteiger partial charge in [-0.05, 0) is 76.4 Å². The van der Waals surface area contributed by atoms with Gasteiger partial charge in [0.15, 0.2) is 11.5 Å². The predicted molar refractivity (Wildman–Crippen MR) is 180 cm³/mol. The summed E-state index contributed by atoms with van der Waals surface area (Å²) in [6.07, 6.45) is -2.49. The first kappa shape index (κ1) is 39.4. The molecule has 13 nitrogen and oxygen atoms in total. The third-order valence-corrected chi connectivity index (χ3v) is 13.2. The number of allylic oxidation sites excluding steroid dienone is 4. The summed E-state index contributed by atoms with van der Waals surface area (Å²) in [5.74, 6) is -4.24. The molecule has 284 valence electrons. The van der Waals surface area contributed by atoms with Gasteiger partial charge in [0.25, 0.3) is 0 Å². The smallest absolute Gasteiger partial charge is 0.302 e. The lowest BCUT2D eigenvalue weighted by atomic mass is 9.39. The van der Waals surface area contributed by atoms with E-state index in [1.54, 1.807) is 19.9 Å². The van der Waals surface area contributed by atoms with Crippen molar-refractivity contribution in [3.63, 3.8) is 0 Å². The number of carbonyl (C=O) groups is 4. The van der Waals surface area contributed by atoms with Crippen LogP contribution in [0.5, 0.6) is 0 Å². The summed E-state index contributed by atoms with van der Waals surface area (Å²) in [7, 11) is 0. The fourth-order valence-corrected chi connectivity index (χ4v) is 10.2. The van der Waals surface area contributed by atoms with Gasteiger partial charge < -0.3 is 44.8 Å². The van der Waals surface area contributed by atoms with Crippen LogP contribution in [-0.2, 0) is 33.4 Å². The van der Waals surface area contributed by atoms with E-state index in [2.05, 4.69) is 0 Å². The molecular formula is C38H54O13. The van der Waals surface area contributed by atoms with Crippen molar-refractivity contribution in [2.75, 3.05) is 6.61 Å². The lowest BCUT2D eigenvalue weighted by molar-refractivity contribution is -0.291. The maximum Gasteiger partial charge on any atom is 0.302 e. The van der Waals surface area contributed by atoms with Crippen molar-refractivity contribution in [2.45, 2.75) is 130 Å². The number of ether oxygens (including phenoxy) is 3. The van der Waals surface area contributed by atoms with Gasteiger partial charge in [-0.3, -0.25) is 19.2 Å². The SMILES string of the molecule is CC(=O)OC1CC2(C)C3CC=C4C(C=C(OC5OC(CO)C(O)C(O)C5O)C(=O)C4(C)C)C3(C)C(=O)CC2(C)C1C(C)(O)C(=O)C=CC(C)(C)O. The van der Waals surface area contributed by atoms with Gasteiger partial charge in [-0.15, -0.1) is 0 Å². The second-order valence-electron chi connectivity index (χ2n) is 17.3. The summed E-state index contributed by atoms with van der Waals surface area (Å²) in [5.41, 5.74) is -6.89. The summed E-state index contributed by atoms with van der Waals surface area (Å²) in [5, 5.41) is 63.3. The van der Waals surface area contributed by atoms with Crippen LogP contribution < -0.4 is 0 Å². The van der Waals surface area contributed by atoms with E-state index >= 15 is 0 Å². The second-order valence-corrected chi connectivity index (χ2v) is 17.3. The summed E-state index contributed by atoms with van der Waals surface area (Å²) in [4.78, 5) is 55.0. The largest absolute Gasteiger partial charge is 0.462 e. The normalized spacial score (nSPS) is 43.3. The number of Topliss-reactive ketones (excluding diaryl/α,β-unsaturated/α-hetero) is 2. The fraction of sp³-hybridized carbons (Fsp3) is 0.737. The number of ketones is 3. The predicted octanol–water partition coefficient (Wildman–Crippen LogP) is 1.45. The van der Waals surface area contributed by atoms with Crippen molar-refractivity contribution >= 4 is 23.3 Å². The second kappa shape index (κ2) is 12.7. The van der Waals surface area contributed by atoms with E-state index in [1.807, 2.05) is 26.8 Å². The van der Waals surface area contributed by atoms with Crippen molar-refractivity contribution in [3.05, 3.63) is 35.6 Å². The van der Waals surface area contributed by atoms with Crippen LogP contribution in [-0.4, -0.2) is 109 Å². The number of esters is 1. The first-order chi connectivity index (χ1) is 23.3. The minimum Gasteiger partial charge on any atom is -0.462 e. The number of fused-ring (bicyclic) bond motifs is 5. The van der Waals surface area contributed by atoms with E-state index < -0.39 is 112 Å². The highest BCUT2D eigenvalue weighted by molar-refractivity contribution is 6.02. The third-order valence-electron chi connectivity index (χ3n) is 13.2. The molecule has 0 aromatic heterocycles. The van der Waals surface area contributed by atoms with Gasteiger partial charge in [0.1, 0.15) is 41.9 Å². The number of rotatable bonds is 8. The summed E-state index contributed by atoms with van der Waals surface area (Å²) < 4.78 is 17.3. The van der Waals surface area contributed by atoms with Crippen LogP contribution in [0, 0.1) is 39.4 Å². The minimum atomic E-state index is -2.09. The van der Waals surface area contributed by atoms with Gasteiger partial charge in [-0.1, -0.05) is 38.5 Å². The summed E-state index contributed by atoms with van der Waals surface area (Å²) in [6.45, 7) is 14.0. The Balaban J connectivity index is 1.59. The Morgan fingerprint density at radius 2 is 1.63 bits per heavy atom. The molecule has 0 radical (unpaired) electrons. The number of carbonyl (C=O) groups excluding carboxylic acids is 4. The molecule has 0 aromatic rings. The molecule has 0 spiro atoms. The van der Waals surface area contributed by atoms with Crippen LogP contribution in [0.4, 0.5) is 0 Å². The number of aliphatic hydroxyl groups excluding tert-OH is 4. The van der Waals surface area contributed by atoms with Crippen molar-refractivity contribution in [1.82, 2.24) is 0 Å². The Labute approximate surface area is 298 Å². The molecule has 3 fully saturated rings. The quantitative estimate of drug-likeness (QED) is 0.119. The van der Waals surface area contributed by atoms with E-state index in [9.17, 15) is 49.8 Å².